The second kappa shape index (κ2) is 7.20. The minimum absolute atomic E-state index is 0.361. The smallest absolute Gasteiger partial charge is 0.265 e. The largest absolute Gasteiger partial charge is 0.268 e. The summed E-state index contributed by atoms with van der Waals surface area (Å²) < 4.78 is 0. The lowest BCUT2D eigenvalue weighted by molar-refractivity contribution is 0.0876. The molecule has 7 rings (SSSR count). The van der Waals surface area contributed by atoms with Crippen LogP contribution in [0.3, 0.4) is 0 Å². The van der Waals surface area contributed by atoms with E-state index in [1.54, 1.807) is 72.8 Å². The van der Waals surface area contributed by atoms with E-state index in [9.17, 15) is 19.2 Å². The Kier molecular flexibility index (Phi) is 4.06. The molecule has 6 heteroatoms. The highest BCUT2D eigenvalue weighted by atomic mass is 16.2. The number of rotatable bonds is 2. The van der Waals surface area contributed by atoms with Gasteiger partial charge in [0.05, 0.1) is 11.4 Å². The van der Waals surface area contributed by atoms with Gasteiger partial charge in [0, 0.05) is 33.0 Å². The molecule has 0 saturated carbocycles. The van der Waals surface area contributed by atoms with Crippen LogP contribution in [-0.4, -0.2) is 23.6 Å². The van der Waals surface area contributed by atoms with Crippen LogP contribution in [0.5, 0.6) is 0 Å². The third-order valence-electron chi connectivity index (χ3n) is 6.91. The summed E-state index contributed by atoms with van der Waals surface area (Å²) in [6.07, 6.45) is 0. The molecule has 0 unspecified atom stereocenters. The summed E-state index contributed by atoms with van der Waals surface area (Å²) in [6, 6.07) is 27.9. The highest BCUT2D eigenvalue weighted by Crippen LogP contribution is 2.36. The summed E-state index contributed by atoms with van der Waals surface area (Å²) >= 11 is 0. The minimum atomic E-state index is -0.414. The molecule has 2 aliphatic rings. The van der Waals surface area contributed by atoms with Gasteiger partial charge in [-0.3, -0.25) is 19.2 Å². The molecule has 5 aromatic rings. The van der Waals surface area contributed by atoms with Crippen molar-refractivity contribution in [2.24, 2.45) is 0 Å². The SMILES string of the molecule is O=C1c2cccc3cccc(c23)C(=O)N1c1ccc(N2C(=O)c3cccc4cccc(c34)C2=O)cc1. The van der Waals surface area contributed by atoms with E-state index in [0.29, 0.717) is 44.4 Å². The fourth-order valence-corrected chi connectivity index (χ4v) is 5.28. The van der Waals surface area contributed by atoms with Gasteiger partial charge in [0.2, 0.25) is 0 Å². The van der Waals surface area contributed by atoms with Crippen LogP contribution in [0.1, 0.15) is 41.4 Å². The molecule has 2 heterocycles. The first-order valence-electron chi connectivity index (χ1n) is 11.5. The Morgan fingerprint density at radius 1 is 0.361 bits per heavy atom. The van der Waals surface area contributed by atoms with Gasteiger partial charge in [0.25, 0.3) is 23.6 Å². The van der Waals surface area contributed by atoms with Crippen molar-refractivity contribution in [2.45, 2.75) is 0 Å². The zero-order valence-electron chi connectivity index (χ0n) is 18.8. The highest BCUT2D eigenvalue weighted by molar-refractivity contribution is 6.37. The van der Waals surface area contributed by atoms with Crippen LogP contribution >= 0.6 is 0 Å². The maximum absolute atomic E-state index is 13.3. The van der Waals surface area contributed by atoms with Crippen molar-refractivity contribution < 1.29 is 19.2 Å². The topological polar surface area (TPSA) is 74.8 Å². The molecule has 2 aliphatic heterocycles. The van der Waals surface area contributed by atoms with Gasteiger partial charge in [-0.05, 0) is 59.3 Å². The molecular weight excluding hydrogens is 452 g/mol. The van der Waals surface area contributed by atoms with E-state index >= 15 is 0 Å². The Hall–Kier alpha value is -5.10. The molecule has 0 radical (unpaired) electrons. The number of carbonyl (C=O) groups is 4. The van der Waals surface area contributed by atoms with Gasteiger partial charge in [-0.2, -0.15) is 0 Å². The predicted octanol–water partition coefficient (Wildman–Crippen LogP) is 5.59. The maximum atomic E-state index is 13.3. The van der Waals surface area contributed by atoms with E-state index in [0.717, 1.165) is 20.6 Å². The molecule has 170 valence electrons. The van der Waals surface area contributed by atoms with Gasteiger partial charge < -0.3 is 0 Å². The Bertz CT molecular complexity index is 1590. The van der Waals surface area contributed by atoms with Crippen LogP contribution in [0, 0.1) is 0 Å². The van der Waals surface area contributed by atoms with Gasteiger partial charge in [-0.15, -0.1) is 0 Å². The van der Waals surface area contributed by atoms with E-state index in [2.05, 4.69) is 0 Å². The van der Waals surface area contributed by atoms with E-state index in [1.807, 2.05) is 24.3 Å². The van der Waals surface area contributed by atoms with E-state index < -0.39 is 23.6 Å². The number of anilines is 2. The lowest BCUT2D eigenvalue weighted by Crippen LogP contribution is -2.41. The van der Waals surface area contributed by atoms with Crippen molar-refractivity contribution in [3.05, 3.63) is 119 Å². The Morgan fingerprint density at radius 2 is 0.639 bits per heavy atom. The number of benzene rings is 5. The summed E-state index contributed by atoms with van der Waals surface area (Å²) in [5.41, 5.74) is 2.55. The zero-order chi connectivity index (χ0) is 24.6. The quantitative estimate of drug-likeness (QED) is 0.316. The van der Waals surface area contributed by atoms with Crippen LogP contribution in [-0.2, 0) is 0 Å². The molecule has 6 nitrogen and oxygen atoms in total. The van der Waals surface area contributed by atoms with Gasteiger partial charge in [-0.1, -0.05) is 48.5 Å². The van der Waals surface area contributed by atoms with Gasteiger partial charge in [0.15, 0.2) is 0 Å². The van der Waals surface area contributed by atoms with Crippen LogP contribution < -0.4 is 9.80 Å². The van der Waals surface area contributed by atoms with E-state index in [-0.39, 0.29) is 0 Å². The number of hydrogen-bond donors (Lipinski definition) is 0. The van der Waals surface area contributed by atoms with E-state index in [4.69, 9.17) is 0 Å². The number of imide groups is 2. The summed E-state index contributed by atoms with van der Waals surface area (Å²) in [4.78, 5) is 55.6. The van der Waals surface area contributed by atoms with Gasteiger partial charge in [0.1, 0.15) is 0 Å². The third kappa shape index (κ3) is 2.61. The molecule has 0 bridgehead atoms. The molecule has 0 aliphatic carbocycles. The molecule has 5 aromatic carbocycles. The molecule has 0 atom stereocenters. The fraction of sp³-hybridized carbons (Fsp3) is 0. The normalized spacial score (nSPS) is 14.8. The monoisotopic (exact) mass is 468 g/mol. The molecule has 0 spiro atoms. The number of nitrogens with zero attached hydrogens (tertiary/aromatic N) is 2. The number of amides is 4. The van der Waals surface area contributed by atoms with Crippen molar-refractivity contribution in [3.8, 4) is 0 Å². The van der Waals surface area contributed by atoms with Crippen LogP contribution in [0.25, 0.3) is 21.5 Å². The molecular formula is C30H16N2O4. The Labute approximate surface area is 205 Å². The molecule has 4 amide bonds. The van der Waals surface area contributed by atoms with E-state index in [1.165, 1.54) is 0 Å². The Morgan fingerprint density at radius 3 is 0.917 bits per heavy atom. The summed E-state index contributed by atoms with van der Waals surface area (Å²) in [7, 11) is 0. The standard InChI is InChI=1S/C30H16N2O4/c33-27-21-9-1-5-17-6-2-10-22(25(17)21)28(34)31(27)19-13-15-20(16-14-19)32-29(35)23-11-3-7-18-8-4-12-24(26(18)23)30(32)36/h1-16H. The van der Waals surface area contributed by atoms with Crippen molar-refractivity contribution >= 4 is 56.5 Å². The highest BCUT2D eigenvalue weighted by Gasteiger charge is 2.36. The fourth-order valence-electron chi connectivity index (χ4n) is 5.28. The molecule has 0 aromatic heterocycles. The first kappa shape index (κ1) is 20.3. The van der Waals surface area contributed by atoms with Crippen LogP contribution in [0.2, 0.25) is 0 Å². The summed E-state index contributed by atoms with van der Waals surface area (Å²) in [5, 5.41) is 2.97. The lowest BCUT2D eigenvalue weighted by Gasteiger charge is -2.29. The molecule has 0 fully saturated rings. The zero-order valence-corrected chi connectivity index (χ0v) is 18.8. The second-order valence-electron chi connectivity index (χ2n) is 8.83. The van der Waals surface area contributed by atoms with Gasteiger partial charge >= 0.3 is 0 Å². The van der Waals surface area contributed by atoms with Crippen molar-refractivity contribution in [2.75, 3.05) is 9.80 Å². The summed E-state index contributed by atoms with van der Waals surface area (Å²) in [6.45, 7) is 0. The maximum Gasteiger partial charge on any atom is 0.265 e. The molecule has 36 heavy (non-hydrogen) atoms. The lowest BCUT2D eigenvalue weighted by atomic mass is 9.93. The first-order chi connectivity index (χ1) is 17.5. The number of carbonyl (C=O) groups excluding carboxylic acids is 4. The minimum Gasteiger partial charge on any atom is -0.268 e. The first-order valence-corrected chi connectivity index (χ1v) is 11.5. The third-order valence-corrected chi connectivity index (χ3v) is 6.91. The molecule has 0 N–H and O–H groups in total. The van der Waals surface area contributed by atoms with Crippen molar-refractivity contribution in [3.63, 3.8) is 0 Å². The van der Waals surface area contributed by atoms with Crippen molar-refractivity contribution in [1.82, 2.24) is 0 Å². The average molecular weight is 468 g/mol. The summed E-state index contributed by atoms with van der Waals surface area (Å²) in [5.74, 6) is -1.66. The Balaban J connectivity index is 1.29. The average Bonchev–Trinajstić information content (AvgIpc) is 2.91. The van der Waals surface area contributed by atoms with Crippen LogP contribution in [0.15, 0.2) is 97.1 Å². The number of hydrogen-bond acceptors (Lipinski definition) is 4. The van der Waals surface area contributed by atoms with Crippen LogP contribution in [0.4, 0.5) is 11.4 Å². The molecule has 0 saturated heterocycles. The van der Waals surface area contributed by atoms with Gasteiger partial charge in [-0.25, -0.2) is 9.80 Å². The van der Waals surface area contributed by atoms with Crippen molar-refractivity contribution in [1.29, 1.82) is 0 Å². The second-order valence-corrected chi connectivity index (χ2v) is 8.83. The predicted molar refractivity (Wildman–Crippen MR) is 137 cm³/mol.